The van der Waals surface area contributed by atoms with Gasteiger partial charge in [0.2, 0.25) is 17.7 Å². The first-order chi connectivity index (χ1) is 25.1. The number of anilines is 1. The first-order valence-electron chi connectivity index (χ1n) is 18.4. The molecule has 0 spiro atoms. The van der Waals surface area contributed by atoms with Crippen LogP contribution in [0.25, 0.3) is 11.2 Å². The summed E-state index contributed by atoms with van der Waals surface area (Å²) in [4.78, 5) is 37.5. The minimum Gasteiger partial charge on any atom is -0.497 e. The van der Waals surface area contributed by atoms with Crippen molar-refractivity contribution in [1.29, 1.82) is 0 Å². The van der Waals surface area contributed by atoms with Gasteiger partial charge >= 0.3 is 0 Å². The van der Waals surface area contributed by atoms with Crippen LogP contribution in [0.3, 0.4) is 0 Å². The average Bonchev–Trinajstić information content (AvgIpc) is 3.72. The maximum atomic E-state index is 12.8. The van der Waals surface area contributed by atoms with E-state index in [1.165, 1.54) is 12.1 Å². The summed E-state index contributed by atoms with van der Waals surface area (Å²) < 4.78 is 27.1. The zero-order valence-electron chi connectivity index (χ0n) is 32.4. The second-order valence-electron chi connectivity index (χ2n) is 15.6. The summed E-state index contributed by atoms with van der Waals surface area (Å²) in [6.45, 7) is 18.7. The second-order valence-corrected chi connectivity index (χ2v) is 20.2. The molecule has 2 aromatic heterocycles. The van der Waals surface area contributed by atoms with E-state index in [0.717, 1.165) is 29.7 Å². The van der Waals surface area contributed by atoms with Gasteiger partial charge in [-0.05, 0) is 60.2 Å². The Bertz CT molecular complexity index is 1860. The van der Waals surface area contributed by atoms with Gasteiger partial charge in [0.25, 0.3) is 5.69 Å². The Kier molecular flexibility index (Phi) is 12.6. The molecule has 286 valence electrons. The lowest BCUT2D eigenvalue weighted by molar-refractivity contribution is -0.384. The van der Waals surface area contributed by atoms with Crippen molar-refractivity contribution in [3.05, 3.63) is 76.1 Å². The molecule has 1 N–H and O–H groups in total. The van der Waals surface area contributed by atoms with Gasteiger partial charge < -0.3 is 23.2 Å². The normalized spacial score (nSPS) is 17.8. The molecule has 1 amide bonds. The number of nitro benzene ring substituents is 1. The predicted molar refractivity (Wildman–Crippen MR) is 207 cm³/mol. The first-order valence-corrected chi connectivity index (χ1v) is 21.3. The number of carbonyl (C=O) groups excluding carboxylic acids is 1. The van der Waals surface area contributed by atoms with Crippen molar-refractivity contribution < 1.29 is 28.4 Å². The maximum Gasteiger partial charge on any atom is 0.269 e. The van der Waals surface area contributed by atoms with E-state index in [2.05, 4.69) is 55.7 Å². The summed E-state index contributed by atoms with van der Waals surface area (Å²) >= 11 is 0. The summed E-state index contributed by atoms with van der Waals surface area (Å²) in [6.07, 6.45) is 3.77. The molecule has 2 heterocycles. The maximum absolute atomic E-state index is 12.8. The number of nitrogens with zero attached hydrogens (tertiary/aromatic N) is 5. The highest BCUT2D eigenvalue weighted by Crippen LogP contribution is 2.48. The van der Waals surface area contributed by atoms with Gasteiger partial charge in [-0.25, -0.2) is 4.98 Å². The van der Waals surface area contributed by atoms with Crippen molar-refractivity contribution in [1.82, 2.24) is 19.5 Å². The fourth-order valence-corrected chi connectivity index (χ4v) is 9.24. The van der Waals surface area contributed by atoms with Crippen LogP contribution in [0.4, 0.5) is 11.6 Å². The van der Waals surface area contributed by atoms with E-state index in [9.17, 15) is 14.9 Å². The minimum atomic E-state index is -2.20. The van der Waals surface area contributed by atoms with Crippen molar-refractivity contribution in [2.45, 2.75) is 97.7 Å². The van der Waals surface area contributed by atoms with Gasteiger partial charge in [0, 0.05) is 36.4 Å². The highest BCUT2D eigenvalue weighted by Gasteiger charge is 2.48. The van der Waals surface area contributed by atoms with Crippen LogP contribution in [-0.4, -0.2) is 65.1 Å². The third kappa shape index (κ3) is 9.40. The topological polar surface area (TPSA) is 153 Å². The monoisotopic (exact) mass is 746 g/mol. The van der Waals surface area contributed by atoms with Crippen molar-refractivity contribution in [2.75, 3.05) is 25.6 Å². The van der Waals surface area contributed by atoms with Crippen LogP contribution < -0.4 is 14.8 Å². The molecule has 14 heteroatoms. The number of rotatable bonds is 17. The molecule has 0 radical (unpaired) electrons. The van der Waals surface area contributed by atoms with Gasteiger partial charge in [-0.15, -0.1) is 0 Å². The fourth-order valence-electron chi connectivity index (χ4n) is 6.50. The van der Waals surface area contributed by atoms with Gasteiger partial charge in [-0.3, -0.25) is 20.2 Å². The molecule has 1 aliphatic rings. The van der Waals surface area contributed by atoms with E-state index in [1.807, 2.05) is 24.3 Å². The number of amides is 1. The lowest BCUT2D eigenvalue weighted by Gasteiger charge is -2.44. The number of methoxy groups -OCH3 is 1. The zero-order chi connectivity index (χ0) is 38.5. The van der Waals surface area contributed by atoms with Gasteiger partial charge in [-0.2, -0.15) is 9.97 Å². The Labute approximate surface area is 313 Å². The average molecular weight is 747 g/mol. The number of nitrogens with one attached hydrogen (secondary N) is 1. The van der Waals surface area contributed by atoms with Gasteiger partial charge in [0.05, 0.1) is 44.3 Å². The third-order valence-corrected chi connectivity index (χ3v) is 15.7. The molecule has 1 saturated carbocycles. The molecule has 13 nitrogen and oxygen atoms in total. The number of hydrogen-bond acceptors (Lipinski definition) is 10. The Morgan fingerprint density at radius 1 is 1.04 bits per heavy atom. The fraction of sp³-hybridized carbons (Fsp3) is 0.538. The summed E-state index contributed by atoms with van der Waals surface area (Å²) in [5, 5.41) is 14.0. The molecule has 3 atom stereocenters. The van der Waals surface area contributed by atoms with E-state index in [0.29, 0.717) is 36.7 Å². The Hall–Kier alpha value is -4.40. The molecule has 4 aromatic rings. The highest BCUT2D eigenvalue weighted by molar-refractivity contribution is 6.74. The van der Waals surface area contributed by atoms with Crippen molar-refractivity contribution in [2.24, 2.45) is 17.8 Å². The molecule has 5 rings (SSSR count). The molecule has 0 bridgehead atoms. The molecule has 2 aromatic carbocycles. The number of aromatic nitrogens is 4. The van der Waals surface area contributed by atoms with Crippen LogP contribution in [0.15, 0.2) is 54.9 Å². The Morgan fingerprint density at radius 2 is 1.72 bits per heavy atom. The summed E-state index contributed by atoms with van der Waals surface area (Å²) in [5.74, 6) is 1.30. The van der Waals surface area contributed by atoms with Crippen LogP contribution in [0.1, 0.15) is 71.6 Å². The number of benzene rings is 2. The standard InChI is InChI=1S/C39H54N6O7Si/c1-25(2)36(46)42-38-41-35-34(37(43-38)51-19-18-27-10-14-30(15-11-27)45(47)48)40-24-44(35)31-20-29(23-50-22-28-12-16-32(49-7)17-13-28)33(21-31)52-53(8,9)39(5,6)26(3)4/h10-17,24-26,29,31,33H,18-23H2,1-9H3,(H,41,42,43,46)/t29-,31-,33+/m1/s1. The second kappa shape index (κ2) is 16.7. The van der Waals surface area contributed by atoms with Gasteiger partial charge in [0.15, 0.2) is 19.5 Å². The quantitative estimate of drug-likeness (QED) is 0.0636. The van der Waals surface area contributed by atoms with Gasteiger partial charge in [-0.1, -0.05) is 65.8 Å². The van der Waals surface area contributed by atoms with Crippen molar-refractivity contribution in [3.8, 4) is 11.6 Å². The van der Waals surface area contributed by atoms with E-state index < -0.39 is 13.2 Å². The largest absolute Gasteiger partial charge is 0.497 e. The van der Waals surface area contributed by atoms with Gasteiger partial charge in [0.1, 0.15) is 5.75 Å². The lowest BCUT2D eigenvalue weighted by atomic mass is 9.99. The Balaban J connectivity index is 1.41. The number of imidazole rings is 1. The molecule has 0 aliphatic heterocycles. The first kappa shape index (κ1) is 39.8. The van der Waals surface area contributed by atoms with Crippen LogP contribution in [0.5, 0.6) is 11.6 Å². The van der Waals surface area contributed by atoms with Crippen LogP contribution >= 0.6 is 0 Å². The van der Waals surface area contributed by atoms with Crippen LogP contribution in [0, 0.1) is 27.9 Å². The SMILES string of the molecule is COc1ccc(COC[C@H]2C[C@@H](n3cnc4c(OCCc5ccc([N+](=O)[O-])cc5)nc(NC(=O)C(C)C)nc43)C[C@@H]2O[Si](C)(C)C(C)(C)C(C)C)cc1. The lowest BCUT2D eigenvalue weighted by Crippen LogP contribution is -2.48. The van der Waals surface area contributed by atoms with E-state index in [-0.39, 0.29) is 59.0 Å². The summed E-state index contributed by atoms with van der Waals surface area (Å²) in [7, 11) is -0.546. The molecule has 1 fully saturated rings. The number of nitro groups is 1. The Morgan fingerprint density at radius 3 is 2.34 bits per heavy atom. The molecular weight excluding hydrogens is 693 g/mol. The van der Waals surface area contributed by atoms with Crippen molar-refractivity contribution in [3.63, 3.8) is 0 Å². The van der Waals surface area contributed by atoms with E-state index in [4.69, 9.17) is 28.6 Å². The predicted octanol–water partition coefficient (Wildman–Crippen LogP) is 8.15. The summed E-state index contributed by atoms with van der Waals surface area (Å²) in [5.41, 5.74) is 3.03. The summed E-state index contributed by atoms with van der Waals surface area (Å²) in [6, 6.07) is 14.3. The molecule has 0 saturated heterocycles. The third-order valence-electron chi connectivity index (χ3n) is 11.1. The number of fused-ring (bicyclic) bond motifs is 1. The highest BCUT2D eigenvalue weighted by atomic mass is 28.4. The molecular formula is C39H54N6O7Si. The zero-order valence-corrected chi connectivity index (χ0v) is 33.4. The number of carbonyl (C=O) groups is 1. The molecule has 1 aliphatic carbocycles. The minimum absolute atomic E-state index is 0.00283. The molecule has 53 heavy (non-hydrogen) atoms. The van der Waals surface area contributed by atoms with Crippen LogP contribution in [-0.2, 0) is 27.0 Å². The van der Waals surface area contributed by atoms with Crippen LogP contribution in [0.2, 0.25) is 18.1 Å². The number of ether oxygens (including phenoxy) is 3. The number of hydrogen-bond donors (Lipinski definition) is 1. The van der Waals surface area contributed by atoms with E-state index >= 15 is 0 Å². The van der Waals surface area contributed by atoms with E-state index in [1.54, 1.807) is 39.4 Å². The smallest absolute Gasteiger partial charge is 0.269 e. The van der Waals surface area contributed by atoms with Crippen molar-refractivity contribution >= 4 is 37.0 Å². The molecule has 0 unspecified atom stereocenters. The number of non-ortho nitro benzene ring substituents is 1.